The van der Waals surface area contributed by atoms with Gasteiger partial charge >= 0.3 is 5.97 Å². The molecule has 1 aliphatic rings. The summed E-state index contributed by atoms with van der Waals surface area (Å²) in [7, 11) is 0. The Kier molecular flexibility index (Phi) is 50.2. The van der Waals surface area contributed by atoms with Crippen molar-refractivity contribution in [3.63, 3.8) is 0 Å². The third kappa shape index (κ3) is 42.8. The van der Waals surface area contributed by atoms with Crippen molar-refractivity contribution in [2.24, 2.45) is 0 Å². The number of rotatable bonds is 52. The molecule has 0 aromatic heterocycles. The molecule has 1 rings (SSSR count). The van der Waals surface area contributed by atoms with Gasteiger partial charge in [0.15, 0.2) is 6.29 Å². The highest BCUT2D eigenvalue weighted by Gasteiger charge is 2.44. The number of nitrogens with one attached hydrogen (secondary N) is 1. The van der Waals surface area contributed by atoms with Crippen LogP contribution in [0.15, 0.2) is 85.1 Å². The fourth-order valence-corrected chi connectivity index (χ4v) is 8.99. The van der Waals surface area contributed by atoms with Gasteiger partial charge in [0.05, 0.1) is 32.0 Å². The van der Waals surface area contributed by atoms with Crippen molar-refractivity contribution in [1.82, 2.24) is 5.32 Å². The second kappa shape index (κ2) is 53.8. The first kappa shape index (κ1) is 70.9. The van der Waals surface area contributed by atoms with Gasteiger partial charge in [-0.15, -0.1) is 0 Å². The van der Waals surface area contributed by atoms with Gasteiger partial charge in [-0.1, -0.05) is 214 Å². The Morgan fingerprint density at radius 3 is 1.43 bits per heavy atom. The Morgan fingerprint density at radius 2 is 0.921 bits per heavy atom. The molecule has 11 nitrogen and oxygen atoms in total. The molecular weight excluding hydrogens is 955 g/mol. The summed E-state index contributed by atoms with van der Waals surface area (Å²) >= 11 is 0. The molecule has 438 valence electrons. The highest BCUT2D eigenvalue weighted by molar-refractivity contribution is 5.76. The number of esters is 1. The van der Waals surface area contributed by atoms with E-state index >= 15 is 0 Å². The van der Waals surface area contributed by atoms with E-state index in [0.717, 1.165) is 109 Å². The molecule has 76 heavy (non-hydrogen) atoms. The van der Waals surface area contributed by atoms with Gasteiger partial charge < -0.3 is 45.1 Å². The molecule has 0 aliphatic carbocycles. The van der Waals surface area contributed by atoms with Crippen molar-refractivity contribution in [2.45, 2.75) is 294 Å². The normalized spacial score (nSPS) is 19.3. The van der Waals surface area contributed by atoms with Gasteiger partial charge in [-0.25, -0.2) is 0 Å². The summed E-state index contributed by atoms with van der Waals surface area (Å²) in [4.78, 5) is 25.1. The van der Waals surface area contributed by atoms with Gasteiger partial charge in [-0.2, -0.15) is 0 Å². The maximum Gasteiger partial charge on any atom is 0.305 e. The molecule has 1 heterocycles. The largest absolute Gasteiger partial charge is 0.466 e. The summed E-state index contributed by atoms with van der Waals surface area (Å²) in [6, 6.07) is -0.844. The summed E-state index contributed by atoms with van der Waals surface area (Å²) < 4.78 is 16.7. The zero-order valence-corrected chi connectivity index (χ0v) is 48.2. The Morgan fingerprint density at radius 1 is 0.487 bits per heavy atom. The fraction of sp³-hybridized carbons (Fsp3) is 0.754. The first-order chi connectivity index (χ1) is 37.2. The van der Waals surface area contributed by atoms with Crippen molar-refractivity contribution in [1.29, 1.82) is 0 Å². The van der Waals surface area contributed by atoms with Gasteiger partial charge in [0.1, 0.15) is 24.4 Å². The number of ether oxygens (including phenoxy) is 3. The van der Waals surface area contributed by atoms with E-state index in [2.05, 4.69) is 92.1 Å². The lowest BCUT2D eigenvalue weighted by Crippen LogP contribution is -2.60. The van der Waals surface area contributed by atoms with E-state index in [0.29, 0.717) is 25.9 Å². The van der Waals surface area contributed by atoms with Crippen LogP contribution in [0.1, 0.15) is 251 Å². The van der Waals surface area contributed by atoms with E-state index in [1.165, 1.54) is 109 Å². The first-order valence-electron chi connectivity index (χ1n) is 30.9. The van der Waals surface area contributed by atoms with Crippen molar-refractivity contribution in [3.8, 4) is 0 Å². The molecule has 0 saturated carbocycles. The van der Waals surface area contributed by atoms with Crippen LogP contribution in [-0.4, -0.2) is 100 Å². The van der Waals surface area contributed by atoms with Crippen LogP contribution in [0.4, 0.5) is 0 Å². The Labute approximate surface area is 463 Å². The summed E-state index contributed by atoms with van der Waals surface area (Å²) in [6.45, 7) is 4.18. The van der Waals surface area contributed by atoms with E-state index in [4.69, 9.17) is 14.2 Å². The molecule has 6 N–H and O–H groups in total. The standard InChI is InChI=1S/C65H113NO10/c1-3-5-7-9-11-13-15-28-33-37-41-45-49-53-61(70)74-54-50-46-42-38-34-30-27-25-23-21-19-17-18-20-22-24-26-29-32-36-40-44-48-52-60(69)66-57(56-75-65-64(73)63(72)62(71)59(55-67)76-65)58(68)51-47-43-39-35-31-16-14-12-10-8-6-4-2/h7,9-10,12-13,15,17,19-20,22,31,35,47,51,57-59,62-65,67-68,71-73H,3-6,8,11,14,16,18,21,23-30,32-34,36-46,48-50,52-56H2,1-2H3,(H,66,69)/b9-7-,12-10+,15-13-,19-17-,22-20-,35-31+,51-47+. The molecule has 7 atom stereocenters. The van der Waals surface area contributed by atoms with Gasteiger partial charge in [-0.3, -0.25) is 9.59 Å². The van der Waals surface area contributed by atoms with E-state index in [1.807, 2.05) is 6.08 Å². The molecule has 7 unspecified atom stereocenters. The number of unbranched alkanes of at least 4 members (excludes halogenated alkanes) is 26. The van der Waals surface area contributed by atoms with Crippen LogP contribution in [-0.2, 0) is 23.8 Å². The second-order valence-electron chi connectivity index (χ2n) is 21.0. The lowest BCUT2D eigenvalue weighted by Gasteiger charge is -2.40. The predicted molar refractivity (Wildman–Crippen MR) is 315 cm³/mol. The summed E-state index contributed by atoms with van der Waals surface area (Å²) in [5.41, 5.74) is 0. The fourth-order valence-electron chi connectivity index (χ4n) is 8.99. The quantitative estimate of drug-likeness (QED) is 0.0195. The zero-order valence-electron chi connectivity index (χ0n) is 48.2. The van der Waals surface area contributed by atoms with Gasteiger partial charge in [0, 0.05) is 12.8 Å². The highest BCUT2D eigenvalue weighted by atomic mass is 16.7. The van der Waals surface area contributed by atoms with E-state index in [-0.39, 0.29) is 18.5 Å². The molecular formula is C65H113NO10. The molecule has 1 amide bonds. The van der Waals surface area contributed by atoms with Crippen molar-refractivity contribution in [3.05, 3.63) is 85.1 Å². The molecule has 0 radical (unpaired) electrons. The number of carbonyl (C=O) groups is 2. The monoisotopic (exact) mass is 1070 g/mol. The van der Waals surface area contributed by atoms with Gasteiger partial charge in [0.25, 0.3) is 0 Å². The van der Waals surface area contributed by atoms with Crippen LogP contribution >= 0.6 is 0 Å². The highest BCUT2D eigenvalue weighted by Crippen LogP contribution is 2.23. The average Bonchev–Trinajstić information content (AvgIpc) is 3.42. The van der Waals surface area contributed by atoms with Crippen LogP contribution in [0, 0.1) is 0 Å². The Balaban J connectivity index is 2.08. The molecule has 0 spiro atoms. The van der Waals surface area contributed by atoms with E-state index < -0.39 is 49.5 Å². The van der Waals surface area contributed by atoms with Gasteiger partial charge in [0.2, 0.25) is 5.91 Å². The molecule has 0 aromatic carbocycles. The minimum atomic E-state index is -1.59. The molecule has 0 aromatic rings. The lowest BCUT2D eigenvalue weighted by molar-refractivity contribution is -0.302. The Bertz CT molecular complexity index is 1540. The van der Waals surface area contributed by atoms with Crippen molar-refractivity contribution in [2.75, 3.05) is 19.8 Å². The predicted octanol–water partition coefficient (Wildman–Crippen LogP) is 14.6. The third-order valence-corrected chi connectivity index (χ3v) is 13.9. The topological polar surface area (TPSA) is 175 Å². The minimum Gasteiger partial charge on any atom is -0.466 e. The van der Waals surface area contributed by atoms with E-state index in [1.54, 1.807) is 6.08 Å². The third-order valence-electron chi connectivity index (χ3n) is 13.9. The van der Waals surface area contributed by atoms with Crippen molar-refractivity contribution < 1.29 is 49.3 Å². The van der Waals surface area contributed by atoms with Crippen LogP contribution in [0.5, 0.6) is 0 Å². The summed E-state index contributed by atoms with van der Waals surface area (Å²) in [6.07, 6.45) is 62.6. The number of carbonyl (C=O) groups excluding carboxylic acids is 2. The number of hydrogen-bond donors (Lipinski definition) is 6. The molecule has 0 bridgehead atoms. The maximum atomic E-state index is 13.0. The van der Waals surface area contributed by atoms with Crippen LogP contribution in [0.3, 0.4) is 0 Å². The van der Waals surface area contributed by atoms with E-state index in [9.17, 15) is 35.1 Å². The number of allylic oxidation sites excluding steroid dienone is 13. The number of hydrogen-bond acceptors (Lipinski definition) is 10. The molecule has 11 heteroatoms. The average molecular weight is 1070 g/mol. The number of aliphatic hydroxyl groups is 5. The first-order valence-corrected chi connectivity index (χ1v) is 30.9. The van der Waals surface area contributed by atoms with Crippen LogP contribution < -0.4 is 5.32 Å². The number of aliphatic hydroxyl groups excluding tert-OH is 5. The SMILES string of the molecule is CCC/C=C\C/C=C\CCCCCCCC(=O)OCCCCCCCCCCC/C=C\C/C=C\CCCCCCCCCC(=O)NC(COC1OC(CO)C(O)C(O)C1O)C(O)/C=C/CC/C=C/CC/C=C/CCCC. The molecule has 1 saturated heterocycles. The second-order valence-corrected chi connectivity index (χ2v) is 21.0. The molecule has 1 aliphatic heterocycles. The van der Waals surface area contributed by atoms with Gasteiger partial charge in [-0.05, 0) is 109 Å². The zero-order chi connectivity index (χ0) is 55.2. The molecule has 1 fully saturated rings. The Hall–Kier alpha value is -3.16. The summed E-state index contributed by atoms with van der Waals surface area (Å²) in [5, 5.41) is 54.3. The van der Waals surface area contributed by atoms with Crippen LogP contribution in [0.2, 0.25) is 0 Å². The lowest BCUT2D eigenvalue weighted by atomic mass is 9.99. The smallest absolute Gasteiger partial charge is 0.305 e. The summed E-state index contributed by atoms with van der Waals surface area (Å²) in [5.74, 6) is -0.232. The van der Waals surface area contributed by atoms with Crippen LogP contribution in [0.25, 0.3) is 0 Å². The van der Waals surface area contributed by atoms with Crippen molar-refractivity contribution >= 4 is 11.9 Å². The maximum absolute atomic E-state index is 13.0. The number of amides is 1. The minimum absolute atomic E-state index is 0.0221.